The van der Waals surface area contributed by atoms with E-state index in [-0.39, 0.29) is 0 Å². The van der Waals surface area contributed by atoms with Gasteiger partial charge in [0.2, 0.25) is 0 Å². The zero-order valence-electron chi connectivity index (χ0n) is 11.6. The van der Waals surface area contributed by atoms with Crippen LogP contribution in [0.3, 0.4) is 0 Å². The fraction of sp³-hybridized carbons (Fsp3) is 0.933. The van der Waals surface area contributed by atoms with Gasteiger partial charge in [-0.1, -0.05) is 19.8 Å². The Labute approximate surface area is 116 Å². The fourth-order valence-corrected chi connectivity index (χ4v) is 4.45. The third-order valence-corrected chi connectivity index (χ3v) is 5.56. The fourth-order valence-electron chi connectivity index (χ4n) is 3.55. The first-order valence-corrected chi connectivity index (χ1v) is 8.72. The molecule has 2 rings (SSSR count). The number of nitriles is 1. The molecule has 2 fully saturated rings. The molecular weight excluding hydrogens is 240 g/mol. The largest absolute Gasteiger partial charge is 0.298 e. The van der Waals surface area contributed by atoms with Gasteiger partial charge in [-0.3, -0.25) is 4.90 Å². The number of hydrogen-bond donors (Lipinski definition) is 0. The normalized spacial score (nSPS) is 34.8. The minimum absolute atomic E-state index is 0.293. The highest BCUT2D eigenvalue weighted by atomic mass is 32.2. The molecule has 0 spiro atoms. The van der Waals surface area contributed by atoms with Gasteiger partial charge in [-0.05, 0) is 43.9 Å². The molecule has 0 N–H and O–H groups in total. The molecule has 1 heterocycles. The molecule has 0 aromatic heterocycles. The second-order valence-electron chi connectivity index (χ2n) is 5.77. The Morgan fingerprint density at radius 1 is 1.28 bits per heavy atom. The van der Waals surface area contributed by atoms with E-state index in [0.29, 0.717) is 12.0 Å². The highest BCUT2D eigenvalue weighted by Gasteiger charge is 2.34. The van der Waals surface area contributed by atoms with Gasteiger partial charge in [0.25, 0.3) is 0 Å². The molecule has 1 saturated heterocycles. The first-order chi connectivity index (χ1) is 8.85. The van der Waals surface area contributed by atoms with Crippen LogP contribution < -0.4 is 0 Å². The number of nitrogens with zero attached hydrogens (tertiary/aromatic N) is 2. The van der Waals surface area contributed by atoms with Crippen LogP contribution in [0.5, 0.6) is 0 Å². The molecule has 0 aromatic rings. The van der Waals surface area contributed by atoms with E-state index < -0.39 is 0 Å². The van der Waals surface area contributed by atoms with Crippen molar-refractivity contribution in [3.8, 4) is 6.07 Å². The minimum Gasteiger partial charge on any atom is -0.298 e. The molecule has 1 aliphatic heterocycles. The molecule has 0 amide bonds. The summed E-state index contributed by atoms with van der Waals surface area (Å²) in [5.41, 5.74) is 0. The first kappa shape index (κ1) is 14.2. The predicted octanol–water partition coefficient (Wildman–Crippen LogP) is 3.53. The molecule has 0 radical (unpaired) electrons. The third-order valence-electron chi connectivity index (χ3n) is 4.51. The number of hydrogen-bond acceptors (Lipinski definition) is 3. The molecule has 3 unspecified atom stereocenters. The van der Waals surface area contributed by atoms with Crippen molar-refractivity contribution >= 4 is 11.8 Å². The van der Waals surface area contributed by atoms with Gasteiger partial charge in [0.15, 0.2) is 0 Å². The summed E-state index contributed by atoms with van der Waals surface area (Å²) in [6.45, 7) is 4.70. The van der Waals surface area contributed by atoms with Crippen molar-refractivity contribution in [1.29, 1.82) is 5.26 Å². The Morgan fingerprint density at radius 2 is 2.17 bits per heavy atom. The van der Waals surface area contributed by atoms with Crippen molar-refractivity contribution in [3.05, 3.63) is 0 Å². The smallest absolute Gasteiger partial charge is 0.0672 e. The van der Waals surface area contributed by atoms with Gasteiger partial charge < -0.3 is 0 Å². The van der Waals surface area contributed by atoms with Crippen LogP contribution in [0.15, 0.2) is 0 Å². The van der Waals surface area contributed by atoms with Crippen LogP contribution in [-0.4, -0.2) is 35.5 Å². The van der Waals surface area contributed by atoms with Crippen LogP contribution >= 0.6 is 11.8 Å². The number of rotatable bonds is 3. The zero-order valence-corrected chi connectivity index (χ0v) is 12.4. The highest BCUT2D eigenvalue weighted by Crippen LogP contribution is 2.35. The lowest BCUT2D eigenvalue weighted by Gasteiger charge is -2.39. The predicted molar refractivity (Wildman–Crippen MR) is 78.7 cm³/mol. The van der Waals surface area contributed by atoms with Crippen LogP contribution in [0.1, 0.15) is 45.4 Å². The summed E-state index contributed by atoms with van der Waals surface area (Å²) in [5.74, 6) is 3.73. The van der Waals surface area contributed by atoms with Crippen molar-refractivity contribution < 1.29 is 0 Å². The van der Waals surface area contributed by atoms with Gasteiger partial charge in [-0.15, -0.1) is 0 Å². The van der Waals surface area contributed by atoms with Gasteiger partial charge in [0.05, 0.1) is 12.0 Å². The summed E-state index contributed by atoms with van der Waals surface area (Å²) in [5, 5.41) is 9.40. The average molecular weight is 266 g/mol. The maximum atomic E-state index is 9.40. The topological polar surface area (TPSA) is 27.0 Å². The van der Waals surface area contributed by atoms with E-state index in [4.69, 9.17) is 0 Å². The first-order valence-electron chi connectivity index (χ1n) is 7.56. The standard InChI is InChI=1S/C15H26N2S/c1-2-4-13-5-6-14(12-16)15(11-13)17-7-3-9-18-10-8-17/h13-15H,2-11H2,1H3. The van der Waals surface area contributed by atoms with Crippen LogP contribution in [-0.2, 0) is 0 Å². The third kappa shape index (κ3) is 3.65. The summed E-state index contributed by atoms with van der Waals surface area (Å²) in [7, 11) is 0. The van der Waals surface area contributed by atoms with Crippen molar-refractivity contribution in [1.82, 2.24) is 4.90 Å². The van der Waals surface area contributed by atoms with E-state index in [2.05, 4.69) is 29.7 Å². The maximum Gasteiger partial charge on any atom is 0.0672 e. The Balaban J connectivity index is 1.98. The van der Waals surface area contributed by atoms with E-state index in [1.54, 1.807) is 0 Å². The van der Waals surface area contributed by atoms with Crippen LogP contribution in [0.2, 0.25) is 0 Å². The lowest BCUT2D eigenvalue weighted by Crippen LogP contribution is -2.45. The molecule has 0 bridgehead atoms. The van der Waals surface area contributed by atoms with Crippen molar-refractivity contribution in [3.63, 3.8) is 0 Å². The van der Waals surface area contributed by atoms with Gasteiger partial charge in [0, 0.05) is 18.3 Å². The minimum atomic E-state index is 0.293. The van der Waals surface area contributed by atoms with Crippen LogP contribution in [0.4, 0.5) is 0 Å². The van der Waals surface area contributed by atoms with Crippen molar-refractivity contribution in [2.45, 2.75) is 51.5 Å². The van der Waals surface area contributed by atoms with E-state index >= 15 is 0 Å². The molecule has 3 heteroatoms. The number of thioether (sulfide) groups is 1. The summed E-state index contributed by atoms with van der Waals surface area (Å²) < 4.78 is 0. The van der Waals surface area contributed by atoms with Gasteiger partial charge in [0.1, 0.15) is 0 Å². The van der Waals surface area contributed by atoms with Gasteiger partial charge in [-0.2, -0.15) is 17.0 Å². The van der Waals surface area contributed by atoms with E-state index in [1.807, 2.05) is 0 Å². The second-order valence-corrected chi connectivity index (χ2v) is 7.00. The summed E-state index contributed by atoms with van der Waals surface area (Å²) >= 11 is 2.08. The average Bonchev–Trinajstić information content (AvgIpc) is 2.68. The Kier molecular flexibility index (Phi) is 5.85. The molecule has 18 heavy (non-hydrogen) atoms. The molecular formula is C15H26N2S. The Bertz CT molecular complexity index is 279. The lowest BCUT2D eigenvalue weighted by atomic mass is 9.76. The maximum absolute atomic E-state index is 9.40. The SMILES string of the molecule is CCCC1CCC(C#N)C(N2CCCSCC2)C1. The van der Waals surface area contributed by atoms with Gasteiger partial charge in [-0.25, -0.2) is 0 Å². The monoisotopic (exact) mass is 266 g/mol. The van der Waals surface area contributed by atoms with Crippen molar-refractivity contribution in [2.75, 3.05) is 24.6 Å². The Morgan fingerprint density at radius 3 is 2.94 bits per heavy atom. The molecule has 0 aromatic carbocycles. The molecule has 2 aliphatic rings. The molecule has 1 saturated carbocycles. The quantitative estimate of drug-likeness (QED) is 0.782. The molecule has 1 aliphatic carbocycles. The molecule has 3 atom stereocenters. The van der Waals surface area contributed by atoms with Crippen LogP contribution in [0.25, 0.3) is 0 Å². The van der Waals surface area contributed by atoms with E-state index in [1.165, 1.54) is 56.7 Å². The summed E-state index contributed by atoms with van der Waals surface area (Å²) in [6, 6.07) is 3.14. The van der Waals surface area contributed by atoms with E-state index in [0.717, 1.165) is 12.3 Å². The van der Waals surface area contributed by atoms with Gasteiger partial charge >= 0.3 is 0 Å². The summed E-state index contributed by atoms with van der Waals surface area (Å²) in [4.78, 5) is 2.63. The second kappa shape index (κ2) is 7.40. The molecule has 102 valence electrons. The highest BCUT2D eigenvalue weighted by molar-refractivity contribution is 7.99. The Hall–Kier alpha value is -0.200. The van der Waals surface area contributed by atoms with E-state index in [9.17, 15) is 5.26 Å². The lowest BCUT2D eigenvalue weighted by molar-refractivity contribution is 0.105. The van der Waals surface area contributed by atoms with Crippen molar-refractivity contribution in [2.24, 2.45) is 11.8 Å². The summed E-state index contributed by atoms with van der Waals surface area (Å²) in [6.07, 6.45) is 7.65. The zero-order chi connectivity index (χ0) is 12.8. The van der Waals surface area contributed by atoms with Crippen LogP contribution in [0, 0.1) is 23.2 Å². The molecule has 2 nitrogen and oxygen atoms in total.